The monoisotopic (exact) mass is 297 g/mol. The number of aryl methyl sites for hydroxylation is 3. The number of nitrogens with zero attached hydrogens (tertiary/aromatic N) is 3. The van der Waals surface area contributed by atoms with Crippen LogP contribution in [-0.2, 0) is 23.0 Å². The normalized spacial score (nSPS) is 11.9. The first-order valence-electron chi connectivity index (χ1n) is 6.53. The Labute approximate surface area is 118 Å². The maximum atomic E-state index is 12.0. The third-order valence-corrected chi connectivity index (χ3v) is 4.44. The van der Waals surface area contributed by atoms with Crippen molar-refractivity contribution in [1.29, 1.82) is 0 Å². The molecule has 0 aliphatic carbocycles. The highest BCUT2D eigenvalue weighted by molar-refractivity contribution is 7.89. The fraction of sp³-hybridized carbons (Fsp3) is 0.500. The second-order valence-corrected chi connectivity index (χ2v) is 6.28. The van der Waals surface area contributed by atoms with Crippen LogP contribution in [0, 0.1) is 6.92 Å². The van der Waals surface area contributed by atoms with Gasteiger partial charge in [0.05, 0.1) is 12.5 Å². The van der Waals surface area contributed by atoms with Gasteiger partial charge in [0, 0.05) is 25.0 Å². The first kappa shape index (κ1) is 14.7. The fourth-order valence-electron chi connectivity index (χ4n) is 1.84. The Morgan fingerprint density at radius 2 is 2.25 bits per heavy atom. The molecule has 0 aliphatic heterocycles. The second kappa shape index (κ2) is 6.19. The zero-order valence-corrected chi connectivity index (χ0v) is 12.4. The van der Waals surface area contributed by atoms with Crippen LogP contribution in [-0.4, -0.2) is 34.7 Å². The van der Waals surface area contributed by atoms with Crippen LogP contribution in [0.15, 0.2) is 23.7 Å². The SMILES string of the molecule is CCn1cnc(S(=O)(=O)NCCCc2cn[nH]c2C)c1. The van der Waals surface area contributed by atoms with E-state index in [1.165, 1.54) is 12.5 Å². The maximum Gasteiger partial charge on any atom is 0.259 e. The van der Waals surface area contributed by atoms with Crippen molar-refractivity contribution in [2.75, 3.05) is 6.54 Å². The molecule has 0 aliphatic rings. The van der Waals surface area contributed by atoms with Crippen molar-refractivity contribution in [2.24, 2.45) is 0 Å². The molecule has 0 unspecified atom stereocenters. The topological polar surface area (TPSA) is 92.7 Å². The molecular weight excluding hydrogens is 278 g/mol. The lowest BCUT2D eigenvalue weighted by Gasteiger charge is -2.04. The molecule has 0 atom stereocenters. The van der Waals surface area contributed by atoms with E-state index in [2.05, 4.69) is 19.9 Å². The number of hydrogen-bond donors (Lipinski definition) is 2. The summed E-state index contributed by atoms with van der Waals surface area (Å²) in [5.41, 5.74) is 2.13. The van der Waals surface area contributed by atoms with E-state index >= 15 is 0 Å². The number of sulfonamides is 1. The zero-order chi connectivity index (χ0) is 14.6. The minimum Gasteiger partial charge on any atom is -0.336 e. The van der Waals surface area contributed by atoms with Crippen molar-refractivity contribution in [3.63, 3.8) is 0 Å². The van der Waals surface area contributed by atoms with Gasteiger partial charge in [-0.25, -0.2) is 18.1 Å². The molecule has 8 heteroatoms. The summed E-state index contributed by atoms with van der Waals surface area (Å²) in [6, 6.07) is 0. The molecule has 7 nitrogen and oxygen atoms in total. The number of H-pyrrole nitrogens is 1. The van der Waals surface area contributed by atoms with Crippen LogP contribution in [0.25, 0.3) is 0 Å². The molecule has 20 heavy (non-hydrogen) atoms. The van der Waals surface area contributed by atoms with E-state index in [1.54, 1.807) is 10.8 Å². The lowest BCUT2D eigenvalue weighted by atomic mass is 10.1. The number of aromatic amines is 1. The van der Waals surface area contributed by atoms with Gasteiger partial charge in [-0.2, -0.15) is 5.10 Å². The molecule has 0 saturated carbocycles. The highest BCUT2D eigenvalue weighted by Crippen LogP contribution is 2.07. The van der Waals surface area contributed by atoms with Gasteiger partial charge < -0.3 is 4.57 Å². The highest BCUT2D eigenvalue weighted by atomic mass is 32.2. The van der Waals surface area contributed by atoms with Gasteiger partial charge in [0.15, 0.2) is 5.03 Å². The van der Waals surface area contributed by atoms with Crippen molar-refractivity contribution in [2.45, 2.75) is 38.3 Å². The van der Waals surface area contributed by atoms with Crippen LogP contribution < -0.4 is 4.72 Å². The zero-order valence-electron chi connectivity index (χ0n) is 11.6. The Morgan fingerprint density at radius 1 is 1.45 bits per heavy atom. The van der Waals surface area contributed by atoms with E-state index in [0.29, 0.717) is 19.5 Å². The summed E-state index contributed by atoms with van der Waals surface area (Å²) in [7, 11) is -3.51. The van der Waals surface area contributed by atoms with Crippen molar-refractivity contribution in [3.05, 3.63) is 30.0 Å². The first-order chi connectivity index (χ1) is 9.53. The van der Waals surface area contributed by atoms with Crippen LogP contribution in [0.5, 0.6) is 0 Å². The Balaban J connectivity index is 1.85. The molecule has 2 heterocycles. The smallest absolute Gasteiger partial charge is 0.259 e. The molecule has 2 aromatic heterocycles. The minimum atomic E-state index is -3.51. The van der Waals surface area contributed by atoms with E-state index in [1.807, 2.05) is 13.8 Å². The van der Waals surface area contributed by atoms with Crippen LogP contribution in [0.2, 0.25) is 0 Å². The molecule has 0 radical (unpaired) electrons. The molecule has 0 amide bonds. The third-order valence-electron chi connectivity index (χ3n) is 3.10. The summed E-state index contributed by atoms with van der Waals surface area (Å²) in [4.78, 5) is 3.90. The lowest BCUT2D eigenvalue weighted by Crippen LogP contribution is -2.25. The third kappa shape index (κ3) is 3.45. The Bertz CT molecular complexity index is 659. The lowest BCUT2D eigenvalue weighted by molar-refractivity contribution is 0.575. The number of nitrogens with one attached hydrogen (secondary N) is 2. The van der Waals surface area contributed by atoms with Gasteiger partial charge in [0.25, 0.3) is 10.0 Å². The van der Waals surface area contributed by atoms with Crippen molar-refractivity contribution < 1.29 is 8.42 Å². The quantitative estimate of drug-likeness (QED) is 0.741. The minimum absolute atomic E-state index is 0.0684. The Hall–Kier alpha value is -1.67. The van der Waals surface area contributed by atoms with E-state index in [0.717, 1.165) is 17.7 Å². The van der Waals surface area contributed by atoms with Gasteiger partial charge >= 0.3 is 0 Å². The van der Waals surface area contributed by atoms with Crippen molar-refractivity contribution in [1.82, 2.24) is 24.5 Å². The first-order valence-corrected chi connectivity index (χ1v) is 8.01. The standard InChI is InChI=1S/C12H19N5O2S/c1-3-17-8-12(13-9-17)20(18,19)15-6-4-5-11-7-14-16-10(11)2/h7-9,15H,3-6H2,1-2H3,(H,14,16). The fourth-order valence-corrected chi connectivity index (χ4v) is 2.86. The van der Waals surface area contributed by atoms with Gasteiger partial charge in [0.1, 0.15) is 0 Å². The maximum absolute atomic E-state index is 12.0. The average Bonchev–Trinajstić information content (AvgIpc) is 3.04. The molecular formula is C12H19N5O2S. The highest BCUT2D eigenvalue weighted by Gasteiger charge is 2.16. The summed E-state index contributed by atoms with van der Waals surface area (Å²) in [6.45, 7) is 4.96. The summed E-state index contributed by atoms with van der Waals surface area (Å²) in [5, 5.41) is 6.86. The predicted octanol–water partition coefficient (Wildman–Crippen LogP) is 0.846. The predicted molar refractivity (Wildman–Crippen MR) is 74.7 cm³/mol. The Kier molecular flexibility index (Phi) is 4.56. The second-order valence-electron chi connectivity index (χ2n) is 4.56. The van der Waals surface area contributed by atoms with Gasteiger partial charge in [0.2, 0.25) is 0 Å². The molecule has 0 fully saturated rings. The molecule has 110 valence electrons. The van der Waals surface area contributed by atoms with E-state index < -0.39 is 10.0 Å². The number of imidazole rings is 1. The summed E-state index contributed by atoms with van der Waals surface area (Å²) >= 11 is 0. The van der Waals surface area contributed by atoms with Crippen LogP contribution >= 0.6 is 0 Å². The van der Waals surface area contributed by atoms with Gasteiger partial charge in [-0.1, -0.05) is 0 Å². The van der Waals surface area contributed by atoms with E-state index in [9.17, 15) is 8.42 Å². The van der Waals surface area contributed by atoms with Crippen LogP contribution in [0.3, 0.4) is 0 Å². The number of rotatable bonds is 7. The summed E-state index contributed by atoms with van der Waals surface area (Å²) in [5.74, 6) is 0. The molecule has 2 aromatic rings. The van der Waals surface area contributed by atoms with Crippen molar-refractivity contribution in [3.8, 4) is 0 Å². The van der Waals surface area contributed by atoms with E-state index in [4.69, 9.17) is 0 Å². The van der Waals surface area contributed by atoms with Gasteiger partial charge in [-0.15, -0.1) is 0 Å². The largest absolute Gasteiger partial charge is 0.336 e. The summed E-state index contributed by atoms with van der Waals surface area (Å²) < 4.78 is 28.3. The number of hydrogen-bond acceptors (Lipinski definition) is 4. The van der Waals surface area contributed by atoms with Crippen LogP contribution in [0.1, 0.15) is 24.6 Å². The molecule has 2 rings (SSSR count). The Morgan fingerprint density at radius 3 is 2.85 bits per heavy atom. The molecule has 0 aromatic carbocycles. The number of aromatic nitrogens is 4. The van der Waals surface area contributed by atoms with Crippen LogP contribution in [0.4, 0.5) is 0 Å². The van der Waals surface area contributed by atoms with Crippen molar-refractivity contribution >= 4 is 10.0 Å². The molecule has 0 saturated heterocycles. The van der Waals surface area contributed by atoms with Gasteiger partial charge in [-0.3, -0.25) is 5.10 Å². The molecule has 0 spiro atoms. The average molecular weight is 297 g/mol. The molecule has 0 bridgehead atoms. The van der Waals surface area contributed by atoms with E-state index in [-0.39, 0.29) is 5.03 Å². The van der Waals surface area contributed by atoms with Gasteiger partial charge in [-0.05, 0) is 32.3 Å². The molecule has 2 N–H and O–H groups in total. The summed E-state index contributed by atoms with van der Waals surface area (Å²) in [6.07, 6.45) is 6.32.